The number of hydrogen-bond donors (Lipinski definition) is 1. The van der Waals surface area contributed by atoms with Crippen molar-refractivity contribution in [3.8, 4) is 5.75 Å². The van der Waals surface area contributed by atoms with Gasteiger partial charge in [-0.2, -0.15) is 0 Å². The molecule has 4 aromatic rings. The van der Waals surface area contributed by atoms with Crippen molar-refractivity contribution in [1.29, 1.82) is 0 Å². The third kappa shape index (κ3) is 3.46. The van der Waals surface area contributed by atoms with Crippen LogP contribution in [0.3, 0.4) is 0 Å². The quantitative estimate of drug-likeness (QED) is 0.467. The largest absolute Gasteiger partial charge is 0.480 e. The van der Waals surface area contributed by atoms with Crippen LogP contribution in [-0.4, -0.2) is 12.0 Å². The molecule has 3 aromatic carbocycles. The number of nitrogens with one attached hydrogen (secondary N) is 1. The number of para-hydroxylation sites is 1. The number of furan rings is 1. The number of amides is 1. The fraction of sp³-hybridized carbons (Fsp3) is 0.208. The van der Waals surface area contributed by atoms with Crippen molar-refractivity contribution in [2.24, 2.45) is 0 Å². The van der Waals surface area contributed by atoms with E-state index in [1.54, 1.807) is 0 Å². The van der Waals surface area contributed by atoms with Crippen molar-refractivity contribution in [3.63, 3.8) is 0 Å². The van der Waals surface area contributed by atoms with Crippen LogP contribution in [0.2, 0.25) is 0 Å². The molecule has 1 N–H and O–H groups in total. The summed E-state index contributed by atoms with van der Waals surface area (Å²) in [4.78, 5) is 12.8. The predicted molar refractivity (Wildman–Crippen MR) is 113 cm³/mol. The van der Waals surface area contributed by atoms with E-state index in [1.165, 1.54) is 0 Å². The number of carbonyl (C=O) groups excluding carboxylic acids is 1. The molecule has 0 aliphatic heterocycles. The fourth-order valence-electron chi connectivity index (χ4n) is 3.34. The number of benzene rings is 3. The number of anilines is 1. The Labute approximate surface area is 164 Å². The molecule has 0 spiro atoms. The van der Waals surface area contributed by atoms with E-state index in [-0.39, 0.29) is 5.91 Å². The zero-order chi connectivity index (χ0) is 19.7. The molecule has 4 rings (SSSR count). The highest BCUT2D eigenvalue weighted by Crippen LogP contribution is 2.30. The second-order valence-corrected chi connectivity index (χ2v) is 7.08. The van der Waals surface area contributed by atoms with E-state index in [1.807, 2.05) is 81.4 Å². The lowest BCUT2D eigenvalue weighted by molar-refractivity contribution is -0.122. The minimum absolute atomic E-state index is 0.168. The predicted octanol–water partition coefficient (Wildman–Crippen LogP) is 6.00. The van der Waals surface area contributed by atoms with E-state index in [0.29, 0.717) is 12.1 Å². The van der Waals surface area contributed by atoms with Crippen LogP contribution in [0.25, 0.3) is 21.9 Å². The van der Waals surface area contributed by atoms with Crippen molar-refractivity contribution in [3.05, 3.63) is 71.8 Å². The van der Waals surface area contributed by atoms with E-state index in [2.05, 4.69) is 5.32 Å². The van der Waals surface area contributed by atoms with Crippen LogP contribution in [0, 0.1) is 13.8 Å². The summed E-state index contributed by atoms with van der Waals surface area (Å²) in [5.74, 6) is 0.577. The van der Waals surface area contributed by atoms with Crippen LogP contribution >= 0.6 is 0 Å². The van der Waals surface area contributed by atoms with Crippen LogP contribution < -0.4 is 10.1 Å². The number of carbonyl (C=O) groups is 1. The molecule has 1 atom stereocenters. The maximum atomic E-state index is 12.8. The Kier molecular flexibility index (Phi) is 4.78. The van der Waals surface area contributed by atoms with E-state index in [4.69, 9.17) is 9.15 Å². The van der Waals surface area contributed by atoms with Crippen molar-refractivity contribution in [2.45, 2.75) is 33.3 Å². The van der Waals surface area contributed by atoms with Gasteiger partial charge in [0.05, 0.1) is 0 Å². The van der Waals surface area contributed by atoms with Crippen LogP contribution in [0.15, 0.2) is 65.1 Å². The Bertz CT molecular complexity index is 1160. The first-order valence-corrected chi connectivity index (χ1v) is 9.51. The number of hydrogen-bond acceptors (Lipinski definition) is 3. The Hall–Kier alpha value is -3.27. The van der Waals surface area contributed by atoms with E-state index in [0.717, 1.165) is 38.8 Å². The average Bonchev–Trinajstić information content (AvgIpc) is 3.06. The van der Waals surface area contributed by atoms with E-state index in [9.17, 15) is 4.79 Å². The molecule has 0 bridgehead atoms. The van der Waals surface area contributed by atoms with Gasteiger partial charge in [0.1, 0.15) is 16.9 Å². The zero-order valence-electron chi connectivity index (χ0n) is 16.3. The molecule has 4 nitrogen and oxygen atoms in total. The molecular weight excluding hydrogens is 350 g/mol. The van der Waals surface area contributed by atoms with Crippen molar-refractivity contribution in [1.82, 2.24) is 0 Å². The topological polar surface area (TPSA) is 51.5 Å². The highest BCUT2D eigenvalue weighted by Gasteiger charge is 2.20. The molecule has 0 saturated heterocycles. The standard InChI is InChI=1S/C24H23NO3/c1-4-20(27-22-13-15(2)9-10-16(22)3)24(26)25-17-11-12-19-18-7-5-6-8-21(18)28-23(19)14-17/h5-14,20H,4H2,1-3H3,(H,25,26)/t20-/m1/s1. The normalized spacial score (nSPS) is 12.2. The van der Waals surface area contributed by atoms with Gasteiger partial charge in [-0.05, 0) is 55.7 Å². The van der Waals surface area contributed by atoms with Crippen molar-refractivity contribution in [2.75, 3.05) is 5.32 Å². The van der Waals surface area contributed by atoms with Gasteiger partial charge in [0.15, 0.2) is 6.10 Å². The molecule has 4 heteroatoms. The lowest BCUT2D eigenvalue weighted by atomic mass is 10.1. The Balaban J connectivity index is 1.55. The molecule has 0 aliphatic carbocycles. The lowest BCUT2D eigenvalue weighted by Crippen LogP contribution is -2.32. The molecule has 1 heterocycles. The van der Waals surface area contributed by atoms with Gasteiger partial charge in [0.2, 0.25) is 0 Å². The number of fused-ring (bicyclic) bond motifs is 3. The Morgan fingerprint density at radius 2 is 1.79 bits per heavy atom. The third-order valence-electron chi connectivity index (χ3n) is 4.92. The van der Waals surface area contributed by atoms with Crippen LogP contribution in [0.4, 0.5) is 5.69 Å². The minimum Gasteiger partial charge on any atom is -0.480 e. The summed E-state index contributed by atoms with van der Waals surface area (Å²) in [5, 5.41) is 5.06. The summed E-state index contributed by atoms with van der Waals surface area (Å²) in [7, 11) is 0. The number of ether oxygens (including phenoxy) is 1. The van der Waals surface area contributed by atoms with E-state index >= 15 is 0 Å². The Morgan fingerprint density at radius 3 is 2.61 bits per heavy atom. The third-order valence-corrected chi connectivity index (χ3v) is 4.92. The van der Waals surface area contributed by atoms with Gasteiger partial charge < -0.3 is 14.5 Å². The van der Waals surface area contributed by atoms with Gasteiger partial charge in [0, 0.05) is 22.5 Å². The van der Waals surface area contributed by atoms with Gasteiger partial charge in [-0.3, -0.25) is 4.79 Å². The summed E-state index contributed by atoms with van der Waals surface area (Å²) in [6.45, 7) is 5.93. The second-order valence-electron chi connectivity index (χ2n) is 7.08. The molecular formula is C24H23NO3. The lowest BCUT2D eigenvalue weighted by Gasteiger charge is -2.19. The van der Waals surface area contributed by atoms with Gasteiger partial charge in [-0.15, -0.1) is 0 Å². The number of rotatable bonds is 5. The summed E-state index contributed by atoms with van der Waals surface area (Å²) in [6, 6.07) is 19.6. The van der Waals surface area contributed by atoms with Gasteiger partial charge in [-0.1, -0.05) is 37.3 Å². The molecule has 1 aromatic heterocycles. The monoisotopic (exact) mass is 373 g/mol. The van der Waals surface area contributed by atoms with Crippen LogP contribution in [0.5, 0.6) is 5.75 Å². The van der Waals surface area contributed by atoms with Crippen LogP contribution in [0.1, 0.15) is 24.5 Å². The first kappa shape index (κ1) is 18.1. The van der Waals surface area contributed by atoms with Crippen molar-refractivity contribution >= 4 is 33.5 Å². The molecule has 1 amide bonds. The van der Waals surface area contributed by atoms with Crippen molar-refractivity contribution < 1.29 is 13.9 Å². The first-order chi connectivity index (χ1) is 13.5. The Morgan fingerprint density at radius 1 is 1.00 bits per heavy atom. The minimum atomic E-state index is -0.563. The first-order valence-electron chi connectivity index (χ1n) is 9.51. The number of aryl methyl sites for hydroxylation is 2. The molecule has 0 aliphatic rings. The smallest absolute Gasteiger partial charge is 0.265 e. The summed E-state index contributed by atoms with van der Waals surface area (Å²) in [5.41, 5.74) is 4.40. The molecule has 0 saturated carbocycles. The van der Waals surface area contributed by atoms with E-state index < -0.39 is 6.10 Å². The second kappa shape index (κ2) is 7.39. The fourth-order valence-corrected chi connectivity index (χ4v) is 3.34. The summed E-state index contributed by atoms with van der Waals surface area (Å²) in [6.07, 6.45) is 0.0124. The molecule has 0 fully saturated rings. The summed E-state index contributed by atoms with van der Waals surface area (Å²) >= 11 is 0. The van der Waals surface area contributed by atoms with Gasteiger partial charge in [-0.25, -0.2) is 0 Å². The van der Waals surface area contributed by atoms with Gasteiger partial charge >= 0.3 is 0 Å². The molecule has 28 heavy (non-hydrogen) atoms. The molecule has 0 unspecified atom stereocenters. The van der Waals surface area contributed by atoms with Crippen LogP contribution in [-0.2, 0) is 4.79 Å². The molecule has 142 valence electrons. The zero-order valence-corrected chi connectivity index (χ0v) is 16.3. The maximum absolute atomic E-state index is 12.8. The SMILES string of the molecule is CC[C@@H](Oc1cc(C)ccc1C)C(=O)Nc1ccc2c(c1)oc1ccccc12. The average molecular weight is 373 g/mol. The highest BCUT2D eigenvalue weighted by molar-refractivity contribution is 6.06. The highest BCUT2D eigenvalue weighted by atomic mass is 16.5. The van der Waals surface area contributed by atoms with Gasteiger partial charge in [0.25, 0.3) is 5.91 Å². The maximum Gasteiger partial charge on any atom is 0.265 e. The molecule has 0 radical (unpaired) electrons. The summed E-state index contributed by atoms with van der Waals surface area (Å²) < 4.78 is 11.9.